The fourth-order valence-electron chi connectivity index (χ4n) is 2.57. The summed E-state index contributed by atoms with van der Waals surface area (Å²) in [5, 5.41) is 8.13. The number of carbonyl (C=O) groups excluding carboxylic acids is 1. The van der Waals surface area contributed by atoms with Crippen LogP contribution in [0.2, 0.25) is 0 Å². The number of rotatable bonds is 5. The number of urea groups is 1. The summed E-state index contributed by atoms with van der Waals surface area (Å²) < 4.78 is 11.9. The first-order valence-corrected chi connectivity index (χ1v) is 9.39. The molecule has 0 bridgehead atoms. The average Bonchev–Trinajstić information content (AvgIpc) is 2.98. The van der Waals surface area contributed by atoms with E-state index < -0.39 is 10.8 Å². The third kappa shape index (κ3) is 4.59. The van der Waals surface area contributed by atoms with Gasteiger partial charge in [0.05, 0.1) is 6.54 Å². The van der Waals surface area contributed by atoms with Gasteiger partial charge in [0.2, 0.25) is 0 Å². The van der Waals surface area contributed by atoms with Crippen molar-refractivity contribution in [2.24, 2.45) is 0 Å². The number of amides is 2. The first-order valence-electron chi connectivity index (χ1n) is 7.13. The van der Waals surface area contributed by atoms with Crippen molar-refractivity contribution in [2.45, 2.75) is 50.4 Å². The highest BCUT2D eigenvalue weighted by molar-refractivity contribution is 7.85. The summed E-state index contributed by atoms with van der Waals surface area (Å²) in [6, 6.07) is 4.02. The summed E-state index contributed by atoms with van der Waals surface area (Å²) in [4.78, 5) is 13.0. The van der Waals surface area contributed by atoms with Crippen molar-refractivity contribution < 1.29 is 9.00 Å². The van der Waals surface area contributed by atoms with E-state index in [4.69, 9.17) is 0 Å². The van der Waals surface area contributed by atoms with Crippen molar-refractivity contribution in [1.82, 2.24) is 10.6 Å². The van der Waals surface area contributed by atoms with Crippen LogP contribution in [0.15, 0.2) is 17.5 Å². The predicted molar refractivity (Wildman–Crippen MR) is 84.4 cm³/mol. The van der Waals surface area contributed by atoms with Crippen LogP contribution in [0.5, 0.6) is 0 Å². The molecule has 112 valence electrons. The van der Waals surface area contributed by atoms with E-state index >= 15 is 0 Å². The number of nitrogens with one attached hydrogen (secondary N) is 2. The van der Waals surface area contributed by atoms with Gasteiger partial charge in [0, 0.05) is 32.7 Å². The predicted octanol–water partition coefficient (Wildman–Crippen LogP) is 2.63. The van der Waals surface area contributed by atoms with Gasteiger partial charge in [-0.15, -0.1) is 11.3 Å². The minimum atomic E-state index is -0.747. The van der Waals surface area contributed by atoms with E-state index in [9.17, 15) is 9.00 Å². The molecule has 0 aliphatic heterocycles. The van der Waals surface area contributed by atoms with Gasteiger partial charge in [-0.1, -0.05) is 19.4 Å². The summed E-state index contributed by atoms with van der Waals surface area (Å²) in [5.74, 6) is 0.710. The Kier molecular flexibility index (Phi) is 6.04. The van der Waals surface area contributed by atoms with Crippen LogP contribution in [-0.2, 0) is 17.3 Å². The molecule has 1 aromatic rings. The molecule has 4 nitrogen and oxygen atoms in total. The lowest BCUT2D eigenvalue weighted by Crippen LogP contribution is -2.45. The molecule has 0 aromatic carbocycles. The molecule has 3 atom stereocenters. The lowest BCUT2D eigenvalue weighted by molar-refractivity contribution is 0.232. The maximum absolute atomic E-state index is 11.9. The fourth-order valence-corrected chi connectivity index (χ4v) is 4.56. The highest BCUT2D eigenvalue weighted by Gasteiger charge is 2.26. The largest absolute Gasteiger partial charge is 0.335 e. The Morgan fingerprint density at radius 1 is 1.50 bits per heavy atom. The van der Waals surface area contributed by atoms with Gasteiger partial charge in [0.25, 0.3) is 0 Å². The molecule has 2 amide bonds. The fraction of sp³-hybridized carbons (Fsp3) is 0.643. The van der Waals surface area contributed by atoms with Crippen LogP contribution in [0.4, 0.5) is 4.79 Å². The Balaban J connectivity index is 1.74. The van der Waals surface area contributed by atoms with Crippen LogP contribution in [0.3, 0.4) is 0 Å². The highest BCUT2D eigenvalue weighted by atomic mass is 32.2. The van der Waals surface area contributed by atoms with Crippen LogP contribution in [0, 0.1) is 0 Å². The molecule has 0 radical (unpaired) electrons. The summed E-state index contributed by atoms with van der Waals surface area (Å²) in [6.07, 6.45) is 3.90. The van der Waals surface area contributed by atoms with Crippen molar-refractivity contribution in [2.75, 3.05) is 5.75 Å². The summed E-state index contributed by atoms with van der Waals surface area (Å²) >= 11 is 1.64. The normalized spacial score (nSPS) is 24.1. The molecular weight excluding hydrogens is 292 g/mol. The molecule has 1 fully saturated rings. The smallest absolute Gasteiger partial charge is 0.315 e. The topological polar surface area (TPSA) is 58.2 Å². The lowest BCUT2D eigenvalue weighted by Gasteiger charge is -2.29. The van der Waals surface area contributed by atoms with E-state index in [0.29, 0.717) is 12.3 Å². The Labute approximate surface area is 126 Å². The Morgan fingerprint density at radius 3 is 3.05 bits per heavy atom. The molecule has 0 unspecified atom stereocenters. The zero-order valence-electron chi connectivity index (χ0n) is 11.8. The van der Waals surface area contributed by atoms with Gasteiger partial charge in [0.15, 0.2) is 0 Å². The van der Waals surface area contributed by atoms with Crippen LogP contribution < -0.4 is 10.6 Å². The second kappa shape index (κ2) is 7.78. The van der Waals surface area contributed by atoms with Crippen molar-refractivity contribution in [3.63, 3.8) is 0 Å². The van der Waals surface area contributed by atoms with Crippen molar-refractivity contribution in [1.29, 1.82) is 0 Å². The Morgan fingerprint density at radius 2 is 2.35 bits per heavy atom. The van der Waals surface area contributed by atoms with E-state index in [1.165, 1.54) is 0 Å². The number of carbonyl (C=O) groups is 1. The van der Waals surface area contributed by atoms with Gasteiger partial charge < -0.3 is 10.6 Å². The summed E-state index contributed by atoms with van der Waals surface area (Å²) in [6.45, 7) is 2.53. The molecule has 1 aromatic heterocycles. The van der Waals surface area contributed by atoms with Crippen molar-refractivity contribution >= 4 is 28.2 Å². The molecule has 2 N–H and O–H groups in total. The second-order valence-corrected chi connectivity index (χ2v) is 8.10. The summed E-state index contributed by atoms with van der Waals surface area (Å²) in [5.41, 5.74) is 0. The van der Waals surface area contributed by atoms with Gasteiger partial charge in [-0.25, -0.2) is 4.79 Å². The van der Waals surface area contributed by atoms with E-state index in [-0.39, 0.29) is 17.3 Å². The Bertz CT molecular complexity index is 448. The molecule has 0 saturated heterocycles. The van der Waals surface area contributed by atoms with Crippen molar-refractivity contribution in [3.05, 3.63) is 22.4 Å². The van der Waals surface area contributed by atoms with Crippen molar-refractivity contribution in [3.8, 4) is 0 Å². The first kappa shape index (κ1) is 15.5. The Hall–Kier alpha value is -0.880. The minimum Gasteiger partial charge on any atom is -0.335 e. The SMILES string of the molecule is CC[S@@](=O)[C@@H]1CCC[C@H](NC(=O)NCc2cccs2)C1. The zero-order chi connectivity index (χ0) is 14.4. The van der Waals surface area contributed by atoms with Crippen LogP contribution >= 0.6 is 11.3 Å². The number of thiophene rings is 1. The van der Waals surface area contributed by atoms with Crippen LogP contribution in [0.25, 0.3) is 0 Å². The highest BCUT2D eigenvalue weighted by Crippen LogP contribution is 2.22. The maximum atomic E-state index is 11.9. The molecule has 20 heavy (non-hydrogen) atoms. The monoisotopic (exact) mass is 314 g/mol. The van der Waals surface area contributed by atoms with E-state index in [2.05, 4.69) is 10.6 Å². The van der Waals surface area contributed by atoms with Gasteiger partial charge in [-0.3, -0.25) is 4.21 Å². The minimum absolute atomic E-state index is 0.119. The molecule has 1 aliphatic rings. The first-order chi connectivity index (χ1) is 9.69. The van der Waals surface area contributed by atoms with E-state index in [1.54, 1.807) is 11.3 Å². The zero-order valence-corrected chi connectivity index (χ0v) is 13.4. The standard InChI is InChI=1S/C14H22N2O2S2/c1-2-20(18)13-7-3-5-11(9-13)16-14(17)15-10-12-6-4-8-19-12/h4,6,8,11,13H,2-3,5,7,9-10H2,1H3,(H2,15,16,17)/t11-,13+,20+/m0/s1. The molecule has 6 heteroatoms. The molecule has 2 rings (SSSR count). The van der Waals surface area contributed by atoms with E-state index in [1.807, 2.05) is 24.4 Å². The molecular formula is C14H22N2O2S2. The molecule has 1 aliphatic carbocycles. The van der Waals surface area contributed by atoms with Gasteiger partial charge in [-0.05, 0) is 30.7 Å². The van der Waals surface area contributed by atoms with Gasteiger partial charge >= 0.3 is 6.03 Å². The third-order valence-corrected chi connectivity index (χ3v) is 6.24. The molecule has 0 spiro atoms. The lowest BCUT2D eigenvalue weighted by atomic mass is 9.95. The second-order valence-electron chi connectivity index (χ2n) is 5.06. The molecule has 1 heterocycles. The van der Waals surface area contributed by atoms with Crippen LogP contribution in [-0.4, -0.2) is 27.3 Å². The quantitative estimate of drug-likeness (QED) is 0.878. The van der Waals surface area contributed by atoms with Gasteiger partial charge in [-0.2, -0.15) is 0 Å². The number of hydrogen-bond donors (Lipinski definition) is 2. The van der Waals surface area contributed by atoms with Crippen LogP contribution in [0.1, 0.15) is 37.5 Å². The van der Waals surface area contributed by atoms with Gasteiger partial charge in [0.1, 0.15) is 0 Å². The maximum Gasteiger partial charge on any atom is 0.315 e. The summed E-state index contributed by atoms with van der Waals surface area (Å²) in [7, 11) is -0.747. The number of hydrogen-bond acceptors (Lipinski definition) is 3. The molecule has 1 saturated carbocycles. The average molecular weight is 314 g/mol. The van der Waals surface area contributed by atoms with E-state index in [0.717, 1.165) is 30.6 Å². The third-order valence-electron chi connectivity index (χ3n) is 3.62.